The molecule has 0 saturated carbocycles. The van der Waals surface area contributed by atoms with Crippen LogP contribution in [0.25, 0.3) is 0 Å². The predicted molar refractivity (Wildman–Crippen MR) is 198 cm³/mol. The van der Waals surface area contributed by atoms with Gasteiger partial charge in [-0.15, -0.1) is 0 Å². The summed E-state index contributed by atoms with van der Waals surface area (Å²) in [7, 11) is 1.16. The molecule has 11 atom stereocenters. The first-order valence-corrected chi connectivity index (χ1v) is 19.0. The number of ether oxygens (including phenoxy) is 7. The molecular formula is C41H58O15. The summed E-state index contributed by atoms with van der Waals surface area (Å²) in [5, 5.41) is 46.8. The highest BCUT2D eigenvalue weighted by atomic mass is 16.7. The summed E-state index contributed by atoms with van der Waals surface area (Å²) in [5.74, 6) is -2.83. The molecule has 3 fully saturated rings. The van der Waals surface area contributed by atoms with Crippen LogP contribution in [0.2, 0.25) is 0 Å². The van der Waals surface area contributed by atoms with Crippen molar-refractivity contribution in [1.82, 2.24) is 0 Å². The van der Waals surface area contributed by atoms with Crippen molar-refractivity contribution in [2.24, 2.45) is 10.8 Å². The topological polar surface area (TPSA) is 214 Å². The van der Waals surface area contributed by atoms with Gasteiger partial charge in [-0.2, -0.15) is 0 Å². The number of cyclic esters (lactones) is 1. The molecule has 6 bridgehead atoms. The van der Waals surface area contributed by atoms with Crippen molar-refractivity contribution in [2.45, 2.75) is 166 Å². The van der Waals surface area contributed by atoms with Gasteiger partial charge in [0.05, 0.1) is 55.6 Å². The number of hydrogen-bond donors (Lipinski definition) is 4. The van der Waals surface area contributed by atoms with Gasteiger partial charge >= 0.3 is 23.9 Å². The quantitative estimate of drug-likeness (QED) is 0.0805. The van der Waals surface area contributed by atoms with Crippen LogP contribution in [0, 0.1) is 22.7 Å². The van der Waals surface area contributed by atoms with Gasteiger partial charge < -0.3 is 53.6 Å². The van der Waals surface area contributed by atoms with Gasteiger partial charge in [-0.1, -0.05) is 57.9 Å². The van der Waals surface area contributed by atoms with Crippen molar-refractivity contribution < 1.29 is 72.8 Å². The minimum Gasteiger partial charge on any atom is -0.466 e. The SMILES string of the molecule is C=C1C[C@H]2C[C@]3(O)O[C@H](C[C@H](O)CC(=O)O[C@@H]([C@@H](C)O)C[C@@H]4C/C(=C\C(=O)OC)[C@H](OC(=O)C#CC)[C@@](O)(O4)C(C)(C)/C=C/[C@@H](C1)O2)C[C@H](OC(C)=O)C3(C)C. The number of aliphatic hydroxyl groups is 4. The molecule has 0 radical (unpaired) electrons. The molecule has 0 aliphatic carbocycles. The van der Waals surface area contributed by atoms with Gasteiger partial charge in [0.1, 0.15) is 12.2 Å². The fourth-order valence-corrected chi connectivity index (χ4v) is 7.89. The van der Waals surface area contributed by atoms with E-state index in [0.29, 0.717) is 12.8 Å². The van der Waals surface area contributed by atoms with Crippen LogP contribution < -0.4 is 0 Å². The lowest BCUT2D eigenvalue weighted by molar-refractivity contribution is -0.348. The Morgan fingerprint density at radius 1 is 1.00 bits per heavy atom. The van der Waals surface area contributed by atoms with E-state index in [-0.39, 0.29) is 37.7 Å². The molecule has 4 rings (SSSR count). The fourth-order valence-electron chi connectivity index (χ4n) is 7.89. The van der Waals surface area contributed by atoms with Crippen molar-refractivity contribution in [3.05, 3.63) is 36.0 Å². The third kappa shape index (κ3) is 10.5. The Bertz CT molecular complexity index is 1620. The van der Waals surface area contributed by atoms with Crippen molar-refractivity contribution in [2.75, 3.05) is 7.11 Å². The summed E-state index contributed by atoms with van der Waals surface area (Å²) in [6.45, 7) is 15.0. The monoisotopic (exact) mass is 790 g/mol. The van der Waals surface area contributed by atoms with Crippen LogP contribution >= 0.6 is 0 Å². The normalized spacial score (nSPS) is 38.0. The highest BCUT2D eigenvalue weighted by Crippen LogP contribution is 2.50. The predicted octanol–water partition coefficient (Wildman–Crippen LogP) is 2.85. The zero-order chi connectivity index (χ0) is 41.8. The molecule has 3 saturated heterocycles. The average Bonchev–Trinajstić information content (AvgIpc) is 3.06. The van der Waals surface area contributed by atoms with Crippen molar-refractivity contribution in [1.29, 1.82) is 0 Å². The van der Waals surface area contributed by atoms with Gasteiger partial charge in [-0.25, -0.2) is 9.59 Å². The van der Waals surface area contributed by atoms with Crippen LogP contribution in [-0.4, -0.2) is 118 Å². The third-order valence-corrected chi connectivity index (χ3v) is 11.2. The smallest absolute Gasteiger partial charge is 0.385 e. The Labute approximate surface area is 328 Å². The Morgan fingerprint density at radius 3 is 2.32 bits per heavy atom. The third-order valence-electron chi connectivity index (χ3n) is 11.2. The van der Waals surface area contributed by atoms with E-state index >= 15 is 0 Å². The lowest BCUT2D eigenvalue weighted by atomic mass is 9.70. The molecule has 0 unspecified atom stereocenters. The van der Waals surface area contributed by atoms with Crippen molar-refractivity contribution in [3.8, 4) is 11.8 Å². The molecule has 0 amide bonds. The van der Waals surface area contributed by atoms with Crippen LogP contribution in [0.5, 0.6) is 0 Å². The molecule has 4 heterocycles. The molecule has 312 valence electrons. The van der Waals surface area contributed by atoms with E-state index < -0.39 is 108 Å². The summed E-state index contributed by atoms with van der Waals surface area (Å²) in [6.07, 6.45) is -5.10. The number of methoxy groups -OCH3 is 1. The lowest BCUT2D eigenvalue weighted by Crippen LogP contribution is -2.62. The number of carbonyl (C=O) groups is 4. The largest absolute Gasteiger partial charge is 0.466 e. The van der Waals surface area contributed by atoms with Crippen LogP contribution in [0.15, 0.2) is 36.0 Å². The molecule has 4 aliphatic heterocycles. The van der Waals surface area contributed by atoms with E-state index in [2.05, 4.69) is 18.4 Å². The van der Waals surface area contributed by atoms with Crippen LogP contribution in [0.1, 0.15) is 99.8 Å². The minimum absolute atomic E-state index is 0.0812. The highest BCUT2D eigenvalue weighted by molar-refractivity contribution is 5.89. The molecule has 15 nitrogen and oxygen atoms in total. The number of esters is 4. The molecule has 15 heteroatoms. The van der Waals surface area contributed by atoms with Gasteiger partial charge in [0.2, 0.25) is 5.79 Å². The Balaban J connectivity index is 1.84. The van der Waals surface area contributed by atoms with Gasteiger partial charge in [0.15, 0.2) is 11.9 Å². The first-order valence-electron chi connectivity index (χ1n) is 19.0. The summed E-state index contributed by atoms with van der Waals surface area (Å²) in [4.78, 5) is 51.0. The fraction of sp³-hybridized carbons (Fsp3) is 0.707. The summed E-state index contributed by atoms with van der Waals surface area (Å²) in [6, 6.07) is 0. The van der Waals surface area contributed by atoms with E-state index in [4.69, 9.17) is 33.2 Å². The second-order valence-corrected chi connectivity index (χ2v) is 16.5. The molecular weight excluding hydrogens is 732 g/mol. The Kier molecular flexibility index (Phi) is 14.4. The summed E-state index contributed by atoms with van der Waals surface area (Å²) < 4.78 is 41.1. The zero-order valence-corrected chi connectivity index (χ0v) is 33.6. The first-order chi connectivity index (χ1) is 26.0. The summed E-state index contributed by atoms with van der Waals surface area (Å²) in [5.41, 5.74) is -1.66. The maximum absolute atomic E-state index is 13.3. The van der Waals surface area contributed by atoms with Gasteiger partial charge in [0, 0.05) is 50.0 Å². The van der Waals surface area contributed by atoms with E-state index in [1.165, 1.54) is 20.8 Å². The van der Waals surface area contributed by atoms with Crippen LogP contribution in [0.4, 0.5) is 0 Å². The maximum atomic E-state index is 13.3. The van der Waals surface area contributed by atoms with Gasteiger partial charge in [0.25, 0.3) is 0 Å². The molecule has 56 heavy (non-hydrogen) atoms. The standard InChI is InChI=1S/C41H58O15/c1-10-11-34(45)54-37-26(17-35(46)50-9)16-29-20-32(24(3)42)53-36(47)19-27(44)18-30-21-33(51-25(4)43)39(7,8)40(48,55-30)22-31-15-23(2)14-28(52-31)12-13-38(5,6)41(37,49)56-29/h12-13,17,24,27-33,37,42,44,48-49H,2,14-16,18-22H2,1,3-9H3/b13-12+,26-17+/t24-,27+,28+,29+,30-,31+,32-,33+,37+,40+,41-/m1/s1. The molecule has 0 aromatic heterocycles. The number of rotatable bonds is 4. The van der Waals surface area contributed by atoms with E-state index in [9.17, 15) is 39.6 Å². The lowest BCUT2D eigenvalue weighted by Gasteiger charge is -2.53. The van der Waals surface area contributed by atoms with Crippen molar-refractivity contribution in [3.63, 3.8) is 0 Å². The molecule has 0 aromatic carbocycles. The number of fused-ring (bicyclic) bond motifs is 6. The molecule has 4 N–H and O–H groups in total. The number of carbonyl (C=O) groups excluding carboxylic acids is 4. The minimum atomic E-state index is -2.40. The van der Waals surface area contributed by atoms with Crippen molar-refractivity contribution >= 4 is 23.9 Å². The number of hydrogen-bond acceptors (Lipinski definition) is 15. The van der Waals surface area contributed by atoms with E-state index in [0.717, 1.165) is 18.8 Å². The average molecular weight is 791 g/mol. The zero-order valence-electron chi connectivity index (χ0n) is 33.6. The first kappa shape index (κ1) is 45.1. The van der Waals surface area contributed by atoms with E-state index in [1.807, 2.05) is 0 Å². The second-order valence-electron chi connectivity index (χ2n) is 16.5. The van der Waals surface area contributed by atoms with Crippen LogP contribution in [-0.2, 0) is 52.3 Å². The Hall–Kier alpha value is -3.62. The Morgan fingerprint density at radius 2 is 1.70 bits per heavy atom. The van der Waals surface area contributed by atoms with Gasteiger partial charge in [-0.3, -0.25) is 9.59 Å². The summed E-state index contributed by atoms with van der Waals surface area (Å²) >= 11 is 0. The van der Waals surface area contributed by atoms with E-state index in [1.54, 1.807) is 39.8 Å². The van der Waals surface area contributed by atoms with Gasteiger partial charge in [-0.05, 0) is 38.7 Å². The van der Waals surface area contributed by atoms with Crippen LogP contribution in [0.3, 0.4) is 0 Å². The number of aliphatic hydroxyl groups excluding tert-OH is 2. The molecule has 0 spiro atoms. The highest BCUT2D eigenvalue weighted by Gasteiger charge is 2.59. The molecule has 0 aromatic rings. The second kappa shape index (κ2) is 17.9. The molecule has 4 aliphatic rings. The maximum Gasteiger partial charge on any atom is 0.385 e.